The molecule has 0 saturated carbocycles. The Morgan fingerprint density at radius 2 is 1.84 bits per heavy atom. The van der Waals surface area contributed by atoms with Crippen LogP contribution in [0.2, 0.25) is 5.02 Å². The van der Waals surface area contributed by atoms with Gasteiger partial charge in [0.1, 0.15) is 5.82 Å². The van der Waals surface area contributed by atoms with Crippen LogP contribution in [0.3, 0.4) is 0 Å². The van der Waals surface area contributed by atoms with Crippen LogP contribution < -0.4 is 0 Å². The van der Waals surface area contributed by atoms with E-state index >= 15 is 0 Å². The first-order valence-corrected chi connectivity index (χ1v) is 6.58. The lowest BCUT2D eigenvalue weighted by atomic mass is 10.0. The van der Waals surface area contributed by atoms with Crippen molar-refractivity contribution < 1.29 is 13.6 Å². The van der Waals surface area contributed by atoms with Crippen molar-refractivity contribution in [2.24, 2.45) is 0 Å². The van der Waals surface area contributed by atoms with Gasteiger partial charge in [-0.15, -0.1) is 0 Å². The maximum absolute atomic E-state index is 13.8. The summed E-state index contributed by atoms with van der Waals surface area (Å²) in [4.78, 5) is 12.0. The normalized spacial score (nSPS) is 10.5. The average Bonchev–Trinajstić information content (AvgIpc) is 2.39. The second-order valence-electron chi connectivity index (χ2n) is 3.91. The summed E-state index contributed by atoms with van der Waals surface area (Å²) in [5, 5.41) is -0.153. The molecule has 0 N–H and O–H groups in total. The lowest BCUT2D eigenvalue weighted by Gasteiger charge is -2.06. The third-order valence-electron chi connectivity index (χ3n) is 2.64. The molecule has 2 aromatic rings. The molecule has 0 bridgehead atoms. The first-order valence-electron chi connectivity index (χ1n) is 5.41. The number of rotatable bonds is 3. The molecule has 0 heterocycles. The zero-order valence-electron chi connectivity index (χ0n) is 9.59. The van der Waals surface area contributed by atoms with E-state index in [1.54, 1.807) is 6.07 Å². The summed E-state index contributed by atoms with van der Waals surface area (Å²) in [7, 11) is 0. The van der Waals surface area contributed by atoms with Gasteiger partial charge in [0.05, 0.1) is 10.6 Å². The van der Waals surface area contributed by atoms with E-state index in [4.69, 9.17) is 11.6 Å². The number of carbonyl (C=O) groups excluding carboxylic acids is 1. The maximum Gasteiger partial charge on any atom is 0.170 e. The number of ketones is 1. The number of halogens is 4. The lowest BCUT2D eigenvalue weighted by molar-refractivity contribution is 0.0988. The summed E-state index contributed by atoms with van der Waals surface area (Å²) in [6.07, 6.45) is -0.207. The summed E-state index contributed by atoms with van der Waals surface area (Å²) in [5.41, 5.74) is 0.0856. The molecule has 0 unspecified atom stereocenters. The van der Waals surface area contributed by atoms with Crippen LogP contribution in [-0.2, 0) is 6.42 Å². The van der Waals surface area contributed by atoms with Crippen LogP contribution in [0.4, 0.5) is 8.78 Å². The second kappa shape index (κ2) is 5.80. The first kappa shape index (κ1) is 14.2. The van der Waals surface area contributed by atoms with E-state index in [0.29, 0.717) is 4.47 Å². The molecule has 0 atom stereocenters. The van der Waals surface area contributed by atoms with E-state index in [0.717, 1.165) is 0 Å². The highest BCUT2D eigenvalue weighted by Crippen LogP contribution is 2.28. The van der Waals surface area contributed by atoms with Crippen LogP contribution in [0.25, 0.3) is 0 Å². The summed E-state index contributed by atoms with van der Waals surface area (Å²) < 4.78 is 27.6. The number of carbonyl (C=O) groups is 1. The van der Waals surface area contributed by atoms with E-state index in [-0.39, 0.29) is 22.6 Å². The molecule has 98 valence electrons. The standard InChI is InChI=1S/C14H8BrClF2O/c15-10-6-5-9(14(18)13(10)16)12(19)7-8-3-1-2-4-11(8)17/h1-6H,7H2. The van der Waals surface area contributed by atoms with Gasteiger partial charge in [-0.1, -0.05) is 29.8 Å². The Hall–Kier alpha value is -1.26. The molecule has 19 heavy (non-hydrogen) atoms. The molecule has 2 rings (SSSR count). The zero-order valence-corrected chi connectivity index (χ0v) is 11.9. The van der Waals surface area contributed by atoms with E-state index in [1.165, 1.54) is 30.3 Å². The molecular formula is C14H8BrClF2O. The highest BCUT2D eigenvalue weighted by molar-refractivity contribution is 9.10. The fraction of sp³-hybridized carbons (Fsp3) is 0.0714. The van der Waals surface area contributed by atoms with Crippen molar-refractivity contribution in [1.82, 2.24) is 0 Å². The largest absolute Gasteiger partial charge is 0.294 e. The molecule has 0 aliphatic carbocycles. The SMILES string of the molecule is O=C(Cc1ccccc1F)c1ccc(Br)c(Cl)c1F. The second-order valence-corrected chi connectivity index (χ2v) is 5.15. The van der Waals surface area contributed by atoms with Gasteiger partial charge in [-0.25, -0.2) is 8.78 Å². The third kappa shape index (κ3) is 3.01. The first-order chi connectivity index (χ1) is 9.00. The van der Waals surface area contributed by atoms with Crippen molar-refractivity contribution in [2.45, 2.75) is 6.42 Å². The van der Waals surface area contributed by atoms with Crippen LogP contribution in [-0.4, -0.2) is 5.78 Å². The minimum Gasteiger partial charge on any atom is -0.294 e. The maximum atomic E-state index is 13.8. The van der Waals surface area contributed by atoms with Gasteiger partial charge >= 0.3 is 0 Å². The number of hydrogen-bond donors (Lipinski definition) is 0. The Morgan fingerprint density at radius 3 is 2.53 bits per heavy atom. The zero-order chi connectivity index (χ0) is 14.0. The average molecular weight is 346 g/mol. The molecule has 0 aromatic heterocycles. The fourth-order valence-electron chi connectivity index (χ4n) is 1.65. The number of Topliss-reactive ketones (excluding diaryl/α,β-unsaturated/α-hetero) is 1. The fourth-order valence-corrected chi connectivity index (χ4v) is 2.12. The van der Waals surface area contributed by atoms with E-state index < -0.39 is 17.4 Å². The van der Waals surface area contributed by atoms with Gasteiger partial charge < -0.3 is 0 Å². The molecule has 0 saturated heterocycles. The van der Waals surface area contributed by atoms with Crippen LogP contribution in [0.15, 0.2) is 40.9 Å². The number of benzene rings is 2. The van der Waals surface area contributed by atoms with E-state index in [9.17, 15) is 13.6 Å². The Balaban J connectivity index is 2.31. The Kier molecular flexibility index (Phi) is 4.32. The Labute approximate surface area is 122 Å². The molecule has 0 amide bonds. The smallest absolute Gasteiger partial charge is 0.170 e. The molecule has 0 fully saturated rings. The van der Waals surface area contributed by atoms with E-state index in [1.807, 2.05) is 0 Å². The molecule has 2 aromatic carbocycles. The highest BCUT2D eigenvalue weighted by Gasteiger charge is 2.17. The predicted octanol–water partition coefficient (Wildman–Crippen LogP) is 4.81. The van der Waals surface area contributed by atoms with Crippen molar-refractivity contribution in [2.75, 3.05) is 0 Å². The van der Waals surface area contributed by atoms with Crippen molar-refractivity contribution in [3.8, 4) is 0 Å². The topological polar surface area (TPSA) is 17.1 Å². The summed E-state index contributed by atoms with van der Waals surface area (Å²) in [5.74, 6) is -1.80. The Bertz CT molecular complexity index is 643. The summed E-state index contributed by atoms with van der Waals surface area (Å²) >= 11 is 8.78. The Morgan fingerprint density at radius 1 is 1.16 bits per heavy atom. The lowest BCUT2D eigenvalue weighted by Crippen LogP contribution is -2.08. The quantitative estimate of drug-likeness (QED) is 0.576. The van der Waals surface area contributed by atoms with Gasteiger partial charge in [-0.3, -0.25) is 4.79 Å². The van der Waals surface area contributed by atoms with Crippen molar-refractivity contribution >= 4 is 33.3 Å². The van der Waals surface area contributed by atoms with Gasteiger partial charge in [-0.2, -0.15) is 0 Å². The van der Waals surface area contributed by atoms with Crippen molar-refractivity contribution in [1.29, 1.82) is 0 Å². The molecule has 0 aliphatic heterocycles. The highest BCUT2D eigenvalue weighted by atomic mass is 79.9. The molecule has 0 aliphatic rings. The van der Waals surface area contributed by atoms with Gasteiger partial charge in [0.2, 0.25) is 0 Å². The van der Waals surface area contributed by atoms with Crippen LogP contribution in [0, 0.1) is 11.6 Å². The minimum absolute atomic E-state index is 0.142. The molecular weight excluding hydrogens is 338 g/mol. The molecule has 5 heteroatoms. The van der Waals surface area contributed by atoms with Gasteiger partial charge in [-0.05, 0) is 39.7 Å². The van der Waals surface area contributed by atoms with Gasteiger partial charge in [0.25, 0.3) is 0 Å². The summed E-state index contributed by atoms with van der Waals surface area (Å²) in [6, 6.07) is 8.71. The van der Waals surface area contributed by atoms with Crippen molar-refractivity contribution in [3.63, 3.8) is 0 Å². The third-order valence-corrected chi connectivity index (χ3v) is 3.90. The summed E-state index contributed by atoms with van der Waals surface area (Å²) in [6.45, 7) is 0. The number of hydrogen-bond acceptors (Lipinski definition) is 1. The monoisotopic (exact) mass is 344 g/mol. The molecule has 0 spiro atoms. The van der Waals surface area contributed by atoms with Crippen LogP contribution in [0.1, 0.15) is 15.9 Å². The predicted molar refractivity (Wildman–Crippen MR) is 73.5 cm³/mol. The van der Waals surface area contributed by atoms with Crippen LogP contribution >= 0.6 is 27.5 Å². The molecule has 0 radical (unpaired) electrons. The van der Waals surface area contributed by atoms with Crippen LogP contribution in [0.5, 0.6) is 0 Å². The van der Waals surface area contributed by atoms with Gasteiger partial charge in [0, 0.05) is 10.9 Å². The molecule has 1 nitrogen and oxygen atoms in total. The minimum atomic E-state index is -0.794. The van der Waals surface area contributed by atoms with Gasteiger partial charge in [0.15, 0.2) is 11.6 Å². The van der Waals surface area contributed by atoms with Crippen molar-refractivity contribution in [3.05, 3.63) is 68.7 Å². The van der Waals surface area contributed by atoms with E-state index in [2.05, 4.69) is 15.9 Å².